The number of rotatable bonds is 4. The average molecular weight is 348 g/mol. The zero-order valence-electron chi connectivity index (χ0n) is 13.5. The quantitative estimate of drug-likeness (QED) is 0.621. The lowest BCUT2D eigenvalue weighted by atomic mass is 9.92. The van der Waals surface area contributed by atoms with E-state index in [1.54, 1.807) is 4.42 Å². The predicted octanol–water partition coefficient (Wildman–Crippen LogP) is 4.85. The van der Waals surface area contributed by atoms with Gasteiger partial charge in [0.05, 0.1) is 6.04 Å². The van der Waals surface area contributed by atoms with Gasteiger partial charge in [-0.1, -0.05) is 13.8 Å². The first-order valence-corrected chi connectivity index (χ1v) is 10.9. The third-order valence-corrected chi connectivity index (χ3v) is 8.99. The van der Waals surface area contributed by atoms with Crippen molar-refractivity contribution in [3.8, 4) is 0 Å². The van der Waals surface area contributed by atoms with E-state index in [9.17, 15) is 13.6 Å². The van der Waals surface area contributed by atoms with Gasteiger partial charge in [0.25, 0.3) is 0 Å². The molecule has 0 aliphatic carbocycles. The van der Waals surface area contributed by atoms with E-state index < -0.39 is 20.0 Å². The molecule has 0 aromatic heterocycles. The summed E-state index contributed by atoms with van der Waals surface area (Å²) in [4.78, 5) is 10.4. The first-order chi connectivity index (χ1) is 10.0. The van der Waals surface area contributed by atoms with Gasteiger partial charge in [-0.2, -0.15) is 0 Å². The second-order valence-electron chi connectivity index (χ2n) is 7.51. The number of benzene rings is 1. The van der Waals surface area contributed by atoms with Crippen molar-refractivity contribution in [2.75, 3.05) is 6.54 Å². The zero-order valence-corrected chi connectivity index (χ0v) is 15.3. The van der Waals surface area contributed by atoms with Crippen molar-refractivity contribution in [1.29, 1.82) is 0 Å². The van der Waals surface area contributed by atoms with Gasteiger partial charge in [-0.25, -0.2) is 13.2 Å². The molecule has 124 valence electrons. The van der Waals surface area contributed by atoms with Gasteiger partial charge in [0.1, 0.15) is 11.6 Å². The van der Waals surface area contributed by atoms with Gasteiger partial charge < -0.3 is 4.80 Å². The molecule has 2 nitrogen and oxygen atoms in total. The van der Waals surface area contributed by atoms with Crippen molar-refractivity contribution in [3.63, 3.8) is 0 Å². The number of hydrogen-bond donors (Lipinski definition) is 1. The Kier molecular flexibility index (Phi) is 5.02. The van der Waals surface area contributed by atoms with Crippen LogP contribution in [0.25, 0.3) is 0 Å². The molecule has 1 fully saturated rings. The Morgan fingerprint density at radius 2 is 2.00 bits per heavy atom. The first kappa shape index (κ1) is 17.9. The summed E-state index contributed by atoms with van der Waals surface area (Å²) in [6.07, 6.45) is 1.51. The van der Waals surface area contributed by atoms with Gasteiger partial charge in [0, 0.05) is 12.1 Å². The van der Waals surface area contributed by atoms with E-state index in [-0.39, 0.29) is 17.0 Å². The molecule has 1 aromatic carbocycles. The molecule has 1 aliphatic rings. The topological polar surface area (TPSA) is 23.5 Å². The SMILES string of the molecule is CC(C)(C[C@@H]1CC(c2cc(F)ccc2F)N(Cl)C1)[Si](C)(C)O. The van der Waals surface area contributed by atoms with Gasteiger partial charge in [0.2, 0.25) is 0 Å². The van der Waals surface area contributed by atoms with Crippen LogP contribution in [0.15, 0.2) is 18.2 Å². The molecule has 0 amide bonds. The predicted molar refractivity (Wildman–Crippen MR) is 88.1 cm³/mol. The van der Waals surface area contributed by atoms with Crippen molar-refractivity contribution in [1.82, 2.24) is 4.42 Å². The molecule has 1 aromatic rings. The molecule has 1 N–H and O–H groups in total. The maximum Gasteiger partial charge on any atom is 0.188 e. The Labute approximate surface area is 137 Å². The minimum absolute atomic E-state index is 0.148. The van der Waals surface area contributed by atoms with E-state index >= 15 is 0 Å². The standard InChI is InChI=1S/C16H24ClF2NOSi/c1-16(2,22(3,4)21)9-11-7-15(20(17)10-11)13-8-12(18)5-6-14(13)19/h5-6,8,11,15,21H,7,9-10H2,1-4H3/t11-,15?/m0/s1. The largest absolute Gasteiger partial charge is 0.432 e. The van der Waals surface area contributed by atoms with Gasteiger partial charge in [-0.15, -0.1) is 0 Å². The second kappa shape index (κ2) is 6.19. The van der Waals surface area contributed by atoms with Crippen LogP contribution in [0.5, 0.6) is 0 Å². The molecule has 6 heteroatoms. The van der Waals surface area contributed by atoms with Crippen molar-refractivity contribution >= 4 is 20.1 Å². The van der Waals surface area contributed by atoms with Crippen molar-refractivity contribution in [3.05, 3.63) is 35.4 Å². The zero-order chi connectivity index (χ0) is 16.7. The van der Waals surface area contributed by atoms with Crippen LogP contribution in [0, 0.1) is 17.6 Å². The van der Waals surface area contributed by atoms with Crippen molar-refractivity contribution in [2.24, 2.45) is 5.92 Å². The van der Waals surface area contributed by atoms with E-state index in [4.69, 9.17) is 11.8 Å². The molecule has 2 rings (SSSR count). The highest BCUT2D eigenvalue weighted by molar-refractivity contribution is 6.72. The molecular weight excluding hydrogens is 324 g/mol. The lowest BCUT2D eigenvalue weighted by Gasteiger charge is -2.37. The molecule has 0 saturated carbocycles. The number of halogens is 3. The van der Waals surface area contributed by atoms with Crippen LogP contribution >= 0.6 is 11.8 Å². The summed E-state index contributed by atoms with van der Waals surface area (Å²) in [7, 11) is -2.29. The Hall–Kier alpha value is -0.493. The average Bonchev–Trinajstić information content (AvgIpc) is 2.71. The lowest BCUT2D eigenvalue weighted by Crippen LogP contribution is -2.40. The van der Waals surface area contributed by atoms with Crippen LogP contribution in [-0.2, 0) is 0 Å². The summed E-state index contributed by atoms with van der Waals surface area (Å²) in [6.45, 7) is 8.64. The molecule has 1 heterocycles. The first-order valence-electron chi connectivity index (χ1n) is 7.61. The maximum atomic E-state index is 14.0. The fraction of sp³-hybridized carbons (Fsp3) is 0.625. The third kappa shape index (κ3) is 3.70. The fourth-order valence-corrected chi connectivity index (χ4v) is 4.21. The Bertz CT molecular complexity index is 547. The third-order valence-electron chi connectivity index (χ3n) is 5.10. The fourth-order valence-electron chi connectivity index (χ4n) is 3.05. The highest BCUT2D eigenvalue weighted by atomic mass is 35.5. The van der Waals surface area contributed by atoms with Crippen molar-refractivity contribution in [2.45, 2.75) is 50.9 Å². The number of nitrogens with zero attached hydrogens (tertiary/aromatic N) is 1. The molecule has 22 heavy (non-hydrogen) atoms. The molecule has 2 atom stereocenters. The summed E-state index contributed by atoms with van der Waals surface area (Å²) < 4.78 is 28.9. The van der Waals surface area contributed by atoms with Crippen LogP contribution < -0.4 is 0 Å². The van der Waals surface area contributed by atoms with E-state index in [2.05, 4.69) is 13.8 Å². The van der Waals surface area contributed by atoms with Crippen LogP contribution in [-0.4, -0.2) is 24.1 Å². The number of hydrogen-bond acceptors (Lipinski definition) is 2. The molecule has 1 unspecified atom stereocenters. The summed E-state index contributed by atoms with van der Waals surface area (Å²) >= 11 is 6.27. The van der Waals surface area contributed by atoms with Crippen molar-refractivity contribution < 1.29 is 13.6 Å². The Morgan fingerprint density at radius 1 is 1.36 bits per heavy atom. The highest BCUT2D eigenvalue weighted by Crippen LogP contribution is 2.47. The highest BCUT2D eigenvalue weighted by Gasteiger charge is 2.43. The molecule has 0 radical (unpaired) electrons. The smallest absolute Gasteiger partial charge is 0.188 e. The molecule has 1 aliphatic heterocycles. The van der Waals surface area contributed by atoms with Gasteiger partial charge in [0.15, 0.2) is 8.32 Å². The second-order valence-corrected chi connectivity index (χ2v) is 12.4. The summed E-state index contributed by atoms with van der Waals surface area (Å²) in [5.74, 6) is -0.609. The van der Waals surface area contributed by atoms with Crippen LogP contribution in [0.4, 0.5) is 8.78 Å². The summed E-state index contributed by atoms with van der Waals surface area (Å²) in [5.41, 5.74) is 0.316. The van der Waals surface area contributed by atoms with E-state index in [0.717, 1.165) is 18.6 Å². The van der Waals surface area contributed by atoms with Crippen LogP contribution in [0.1, 0.15) is 38.3 Å². The summed E-state index contributed by atoms with van der Waals surface area (Å²) in [5, 5.41) is -0.148. The van der Waals surface area contributed by atoms with Crippen LogP contribution in [0.3, 0.4) is 0 Å². The lowest BCUT2D eigenvalue weighted by molar-refractivity contribution is 0.380. The molecular formula is C16H24ClF2NOSi. The van der Waals surface area contributed by atoms with Crippen LogP contribution in [0.2, 0.25) is 18.1 Å². The summed E-state index contributed by atoms with van der Waals surface area (Å²) in [6, 6.07) is 3.18. The van der Waals surface area contributed by atoms with E-state index in [0.29, 0.717) is 18.5 Å². The normalized spacial score (nSPS) is 24.0. The van der Waals surface area contributed by atoms with E-state index in [1.165, 1.54) is 6.07 Å². The molecule has 1 saturated heterocycles. The molecule has 0 spiro atoms. The maximum absolute atomic E-state index is 14.0. The Balaban J connectivity index is 2.14. The molecule has 0 bridgehead atoms. The van der Waals surface area contributed by atoms with Gasteiger partial charge in [-0.3, -0.25) is 0 Å². The van der Waals surface area contributed by atoms with E-state index in [1.807, 2.05) is 13.1 Å². The van der Waals surface area contributed by atoms with Gasteiger partial charge >= 0.3 is 0 Å². The monoisotopic (exact) mass is 347 g/mol. The minimum atomic E-state index is -2.29. The van der Waals surface area contributed by atoms with Gasteiger partial charge in [-0.05, 0) is 66.9 Å². The Morgan fingerprint density at radius 3 is 2.59 bits per heavy atom. The minimum Gasteiger partial charge on any atom is -0.432 e.